The smallest absolute Gasteiger partial charge is 0.408 e. The van der Waals surface area contributed by atoms with Crippen LogP contribution < -0.4 is 16.0 Å². The van der Waals surface area contributed by atoms with Crippen molar-refractivity contribution < 1.29 is 29.0 Å². The highest BCUT2D eigenvalue weighted by molar-refractivity contribution is 5.86. The van der Waals surface area contributed by atoms with Crippen molar-refractivity contribution in [1.82, 2.24) is 16.0 Å². The van der Waals surface area contributed by atoms with Gasteiger partial charge in [0.05, 0.1) is 0 Å². The minimum absolute atomic E-state index is 0.0526. The predicted octanol–water partition coefficient (Wildman–Crippen LogP) is 2.44. The van der Waals surface area contributed by atoms with Gasteiger partial charge in [-0.1, -0.05) is 20.3 Å². The fourth-order valence-corrected chi connectivity index (χ4v) is 3.51. The summed E-state index contributed by atoms with van der Waals surface area (Å²) >= 11 is 0. The van der Waals surface area contributed by atoms with Gasteiger partial charge in [0.25, 0.3) is 0 Å². The Morgan fingerprint density at radius 3 is 2.10 bits per heavy atom. The van der Waals surface area contributed by atoms with Gasteiger partial charge in [-0.15, -0.1) is 0 Å². The Hall–Kier alpha value is -2.32. The van der Waals surface area contributed by atoms with Crippen LogP contribution in [0.25, 0.3) is 0 Å². The lowest BCUT2D eigenvalue weighted by Crippen LogP contribution is -2.52. The van der Waals surface area contributed by atoms with Crippen molar-refractivity contribution in [2.45, 2.75) is 91.3 Å². The minimum atomic E-state index is -1.05. The second-order valence-electron chi connectivity index (χ2n) is 9.54. The molecule has 9 heteroatoms. The first-order valence-corrected chi connectivity index (χ1v) is 11.1. The Balaban J connectivity index is 2.51. The van der Waals surface area contributed by atoms with Crippen LogP contribution in [0.1, 0.15) is 73.6 Å². The van der Waals surface area contributed by atoms with Crippen LogP contribution in [0.5, 0.6) is 0 Å². The van der Waals surface area contributed by atoms with Crippen molar-refractivity contribution in [1.29, 1.82) is 0 Å². The fourth-order valence-electron chi connectivity index (χ4n) is 3.51. The third-order valence-corrected chi connectivity index (χ3v) is 5.68. The molecule has 1 fully saturated rings. The molecule has 0 bridgehead atoms. The van der Waals surface area contributed by atoms with Crippen molar-refractivity contribution in [2.75, 3.05) is 6.54 Å². The third kappa shape index (κ3) is 9.57. The molecule has 1 aliphatic carbocycles. The summed E-state index contributed by atoms with van der Waals surface area (Å²) in [5.41, 5.74) is -0.645. The Morgan fingerprint density at radius 1 is 1.03 bits per heavy atom. The fraction of sp³-hybridized carbons (Fsp3) is 0.818. The van der Waals surface area contributed by atoms with Crippen LogP contribution in [0.3, 0.4) is 0 Å². The Labute approximate surface area is 185 Å². The number of rotatable bonds is 9. The molecule has 31 heavy (non-hydrogen) atoms. The molecule has 3 atom stereocenters. The van der Waals surface area contributed by atoms with Gasteiger partial charge in [-0.2, -0.15) is 0 Å². The summed E-state index contributed by atoms with van der Waals surface area (Å²) in [6.07, 6.45) is 2.96. The summed E-state index contributed by atoms with van der Waals surface area (Å²) in [5, 5.41) is 17.1. The average molecular weight is 442 g/mol. The molecule has 9 nitrogen and oxygen atoms in total. The molecule has 0 aliphatic heterocycles. The van der Waals surface area contributed by atoms with E-state index in [4.69, 9.17) is 9.84 Å². The number of nitrogens with one attached hydrogen (secondary N) is 3. The molecule has 1 aliphatic rings. The molecule has 0 saturated heterocycles. The van der Waals surface area contributed by atoms with Crippen LogP contribution in [0.15, 0.2) is 0 Å². The van der Waals surface area contributed by atoms with Gasteiger partial charge in [0.2, 0.25) is 11.8 Å². The Bertz CT molecular complexity index is 638. The normalized spacial score (nSPS) is 21.9. The second-order valence-corrected chi connectivity index (χ2v) is 9.54. The van der Waals surface area contributed by atoms with Crippen LogP contribution in [0.2, 0.25) is 0 Å². The van der Waals surface area contributed by atoms with Crippen molar-refractivity contribution in [3.8, 4) is 0 Å². The molecule has 4 N–H and O–H groups in total. The molecule has 0 heterocycles. The number of amides is 3. The minimum Gasteiger partial charge on any atom is -0.480 e. The summed E-state index contributed by atoms with van der Waals surface area (Å²) in [5.74, 6) is -1.53. The maximum atomic E-state index is 12.7. The van der Waals surface area contributed by atoms with Crippen LogP contribution in [0, 0.1) is 17.8 Å². The zero-order chi connectivity index (χ0) is 23.8. The number of hydrogen-bond acceptors (Lipinski definition) is 5. The van der Waals surface area contributed by atoms with E-state index in [1.807, 2.05) is 13.8 Å². The maximum absolute atomic E-state index is 12.7. The van der Waals surface area contributed by atoms with Gasteiger partial charge in [-0.05, 0) is 65.2 Å². The van der Waals surface area contributed by atoms with E-state index >= 15 is 0 Å². The summed E-state index contributed by atoms with van der Waals surface area (Å²) in [6.45, 7) is 11.1. The van der Waals surface area contributed by atoms with Crippen LogP contribution >= 0.6 is 0 Å². The lowest BCUT2D eigenvalue weighted by molar-refractivity contribution is -0.142. The van der Waals surface area contributed by atoms with Crippen molar-refractivity contribution in [2.24, 2.45) is 17.8 Å². The zero-order valence-corrected chi connectivity index (χ0v) is 19.6. The number of alkyl carbamates (subject to hydrolysis) is 1. The number of carboxylic acid groups (broad SMARTS) is 1. The maximum Gasteiger partial charge on any atom is 0.408 e. The van der Waals surface area contributed by atoms with E-state index in [1.165, 1.54) is 6.92 Å². The van der Waals surface area contributed by atoms with Gasteiger partial charge in [0.15, 0.2) is 0 Å². The van der Waals surface area contributed by atoms with Crippen LogP contribution in [-0.2, 0) is 19.1 Å². The number of carbonyl (C=O) groups is 4. The van der Waals surface area contributed by atoms with E-state index in [9.17, 15) is 19.2 Å². The summed E-state index contributed by atoms with van der Waals surface area (Å²) in [4.78, 5) is 48.0. The first-order valence-electron chi connectivity index (χ1n) is 11.1. The monoisotopic (exact) mass is 441 g/mol. The molecule has 0 spiro atoms. The first kappa shape index (κ1) is 26.7. The molecule has 0 aromatic heterocycles. The number of aliphatic carboxylic acids is 1. The molecule has 1 saturated carbocycles. The number of carboxylic acids is 1. The second kappa shape index (κ2) is 11.9. The molecule has 3 amide bonds. The van der Waals surface area contributed by atoms with E-state index in [0.717, 1.165) is 19.3 Å². The van der Waals surface area contributed by atoms with E-state index in [2.05, 4.69) is 16.0 Å². The molecule has 1 rings (SSSR count). The van der Waals surface area contributed by atoms with Gasteiger partial charge < -0.3 is 25.8 Å². The lowest BCUT2D eigenvalue weighted by atomic mass is 9.81. The molecule has 178 valence electrons. The Kier molecular flexibility index (Phi) is 10.3. The van der Waals surface area contributed by atoms with E-state index in [0.29, 0.717) is 19.4 Å². The molecular formula is C22H39N3O6. The topological polar surface area (TPSA) is 134 Å². The van der Waals surface area contributed by atoms with Crippen LogP contribution in [-0.4, -0.2) is 53.2 Å². The average Bonchev–Trinajstić information content (AvgIpc) is 2.68. The number of hydrogen-bond donors (Lipinski definition) is 4. The van der Waals surface area contributed by atoms with Crippen molar-refractivity contribution >= 4 is 23.9 Å². The van der Waals surface area contributed by atoms with Crippen molar-refractivity contribution in [3.63, 3.8) is 0 Å². The standard InChI is InChI=1S/C22H39N3O6/c1-7-13(2)17(25-21(30)31-22(4,5)6)19(27)23-12-15-8-10-16(11-9-15)18(26)24-14(3)20(28)29/h13-17H,7-12H2,1-6H3,(H,23,27)(H,24,26)(H,25,30)(H,28,29). The van der Waals surface area contributed by atoms with Crippen molar-refractivity contribution in [3.05, 3.63) is 0 Å². The highest BCUT2D eigenvalue weighted by Gasteiger charge is 2.31. The first-order chi connectivity index (χ1) is 14.3. The van der Waals surface area contributed by atoms with E-state index < -0.39 is 29.7 Å². The molecular weight excluding hydrogens is 402 g/mol. The largest absolute Gasteiger partial charge is 0.480 e. The SMILES string of the molecule is CCC(C)C(NC(=O)OC(C)(C)C)C(=O)NCC1CCC(C(=O)NC(C)C(=O)O)CC1. The quantitative estimate of drug-likeness (QED) is 0.434. The molecule has 0 radical (unpaired) electrons. The summed E-state index contributed by atoms with van der Waals surface area (Å²) in [6, 6.07) is -1.58. The summed E-state index contributed by atoms with van der Waals surface area (Å²) < 4.78 is 5.28. The van der Waals surface area contributed by atoms with Gasteiger partial charge in [-0.3, -0.25) is 14.4 Å². The lowest BCUT2D eigenvalue weighted by Gasteiger charge is -2.30. The van der Waals surface area contributed by atoms with Gasteiger partial charge in [0.1, 0.15) is 17.7 Å². The van der Waals surface area contributed by atoms with E-state index in [1.54, 1.807) is 20.8 Å². The number of carbonyl (C=O) groups excluding carboxylic acids is 3. The number of ether oxygens (including phenoxy) is 1. The zero-order valence-electron chi connectivity index (χ0n) is 19.6. The highest BCUT2D eigenvalue weighted by Crippen LogP contribution is 2.28. The van der Waals surface area contributed by atoms with E-state index in [-0.39, 0.29) is 29.6 Å². The predicted molar refractivity (Wildman–Crippen MR) is 116 cm³/mol. The Morgan fingerprint density at radius 2 is 1.61 bits per heavy atom. The molecule has 0 aromatic rings. The highest BCUT2D eigenvalue weighted by atomic mass is 16.6. The third-order valence-electron chi connectivity index (χ3n) is 5.68. The summed E-state index contributed by atoms with van der Waals surface area (Å²) in [7, 11) is 0. The van der Waals surface area contributed by atoms with Gasteiger partial charge >= 0.3 is 12.1 Å². The molecule has 3 unspecified atom stereocenters. The van der Waals surface area contributed by atoms with Gasteiger partial charge in [0, 0.05) is 12.5 Å². The van der Waals surface area contributed by atoms with Crippen LogP contribution in [0.4, 0.5) is 4.79 Å². The molecule has 0 aromatic carbocycles. The van der Waals surface area contributed by atoms with Gasteiger partial charge in [-0.25, -0.2) is 4.79 Å².